The summed E-state index contributed by atoms with van der Waals surface area (Å²) in [5.41, 5.74) is 6.79. The second kappa shape index (κ2) is 10.8. The summed E-state index contributed by atoms with van der Waals surface area (Å²) >= 11 is 0. The van der Waals surface area contributed by atoms with Gasteiger partial charge in [-0.25, -0.2) is 20.1 Å². The zero-order valence-electron chi connectivity index (χ0n) is 18.8. The van der Waals surface area contributed by atoms with Gasteiger partial charge in [0.1, 0.15) is 12.3 Å². The van der Waals surface area contributed by atoms with E-state index < -0.39 is 24.1 Å². The number of fused-ring (bicyclic) bond motifs is 3. The summed E-state index contributed by atoms with van der Waals surface area (Å²) in [6, 6.07) is 18.9. The number of aromatic nitrogens is 1. The molecule has 0 saturated carbocycles. The molecule has 10 heteroatoms. The maximum absolute atomic E-state index is 12.4. The first-order chi connectivity index (χ1) is 17.0. The third-order valence-corrected chi connectivity index (χ3v) is 5.47. The van der Waals surface area contributed by atoms with Crippen molar-refractivity contribution in [3.63, 3.8) is 0 Å². The monoisotopic (exact) mass is 477 g/mol. The van der Waals surface area contributed by atoms with Crippen LogP contribution in [0.25, 0.3) is 11.1 Å². The van der Waals surface area contributed by atoms with Crippen LogP contribution >= 0.6 is 0 Å². The number of carbonyl (C=O) groups is 3. The Balaban J connectivity index is 1.32. The number of nitrogens with one attached hydrogen (secondary N) is 2. The van der Waals surface area contributed by atoms with Gasteiger partial charge in [0.25, 0.3) is 5.91 Å². The van der Waals surface area contributed by atoms with Gasteiger partial charge in [0.15, 0.2) is 0 Å². The molecule has 1 aliphatic carbocycles. The quantitative estimate of drug-likeness (QED) is 0.400. The molecule has 3 N–H and O–H groups in total. The predicted molar refractivity (Wildman–Crippen MR) is 125 cm³/mol. The molecule has 0 aliphatic heterocycles. The van der Waals surface area contributed by atoms with Gasteiger partial charge in [-0.05, 0) is 34.4 Å². The molecule has 2 aromatic carbocycles. The van der Waals surface area contributed by atoms with Crippen LogP contribution in [0.1, 0.15) is 27.5 Å². The number of carbonyl (C=O) groups excluding carboxylic acids is 2. The molecule has 0 fully saturated rings. The summed E-state index contributed by atoms with van der Waals surface area (Å²) in [4.78, 5) is 44.3. The minimum Gasteiger partial charge on any atom is -0.479 e. The van der Waals surface area contributed by atoms with E-state index in [0.717, 1.165) is 22.3 Å². The van der Waals surface area contributed by atoms with Crippen molar-refractivity contribution in [3.05, 3.63) is 83.7 Å². The average molecular weight is 477 g/mol. The molecule has 35 heavy (non-hydrogen) atoms. The molecule has 0 bridgehead atoms. The van der Waals surface area contributed by atoms with E-state index in [-0.39, 0.29) is 24.8 Å². The van der Waals surface area contributed by atoms with E-state index in [9.17, 15) is 14.4 Å². The summed E-state index contributed by atoms with van der Waals surface area (Å²) in [7, 11) is 1.31. The van der Waals surface area contributed by atoms with E-state index >= 15 is 0 Å². The number of carboxylic acids is 1. The van der Waals surface area contributed by atoms with Gasteiger partial charge >= 0.3 is 12.1 Å². The van der Waals surface area contributed by atoms with E-state index in [1.807, 2.05) is 41.9 Å². The fourth-order valence-electron chi connectivity index (χ4n) is 3.84. The van der Waals surface area contributed by atoms with Gasteiger partial charge in [-0.3, -0.25) is 14.9 Å². The van der Waals surface area contributed by atoms with Crippen LogP contribution < -0.4 is 10.8 Å². The zero-order valence-corrected chi connectivity index (χ0v) is 18.8. The Kier molecular flexibility index (Phi) is 7.34. The topological polar surface area (TPSA) is 136 Å². The molecule has 2 amide bonds. The predicted octanol–water partition coefficient (Wildman–Crippen LogP) is 3.20. The van der Waals surface area contributed by atoms with Crippen molar-refractivity contribution in [1.29, 1.82) is 0 Å². The molecule has 1 heterocycles. The Morgan fingerprint density at radius 1 is 1.00 bits per heavy atom. The number of methoxy groups -OCH3 is 1. The number of hydrogen-bond donors (Lipinski definition) is 3. The summed E-state index contributed by atoms with van der Waals surface area (Å²) in [5, 5.41) is 11.6. The highest BCUT2D eigenvalue weighted by Gasteiger charge is 2.29. The van der Waals surface area contributed by atoms with Crippen molar-refractivity contribution >= 4 is 23.7 Å². The Morgan fingerprint density at radius 3 is 2.23 bits per heavy atom. The molecule has 0 radical (unpaired) electrons. The molecule has 0 spiro atoms. The van der Waals surface area contributed by atoms with Crippen molar-refractivity contribution in [2.75, 3.05) is 25.6 Å². The van der Waals surface area contributed by atoms with Crippen molar-refractivity contribution in [3.8, 4) is 11.1 Å². The first-order valence-corrected chi connectivity index (χ1v) is 10.7. The highest BCUT2D eigenvalue weighted by Crippen LogP contribution is 2.44. The lowest BCUT2D eigenvalue weighted by molar-refractivity contribution is -0.158. The first-order valence-electron chi connectivity index (χ1n) is 10.7. The van der Waals surface area contributed by atoms with Gasteiger partial charge in [-0.1, -0.05) is 48.5 Å². The van der Waals surface area contributed by atoms with E-state index in [2.05, 4.69) is 22.4 Å². The molecule has 4 rings (SSSR count). The van der Waals surface area contributed by atoms with Crippen LogP contribution in [0.2, 0.25) is 0 Å². The van der Waals surface area contributed by atoms with Gasteiger partial charge < -0.3 is 14.6 Å². The third kappa shape index (κ3) is 5.45. The highest BCUT2D eigenvalue weighted by atomic mass is 16.7. The molecule has 3 aromatic rings. The Bertz CT molecular complexity index is 1180. The SMILES string of the molecule is COCC(ONC(=O)c1ccc(NC(=O)OCC2c3ccccc3-c3ccccc32)cn1)C(=O)O. The van der Waals surface area contributed by atoms with Crippen LogP contribution in [0.15, 0.2) is 66.9 Å². The van der Waals surface area contributed by atoms with Crippen LogP contribution in [0.3, 0.4) is 0 Å². The molecule has 1 aromatic heterocycles. The Labute approximate surface area is 200 Å². The number of pyridine rings is 1. The van der Waals surface area contributed by atoms with E-state index in [4.69, 9.17) is 19.4 Å². The lowest BCUT2D eigenvalue weighted by Crippen LogP contribution is -2.37. The first kappa shape index (κ1) is 23.9. The lowest BCUT2D eigenvalue weighted by Gasteiger charge is -2.14. The average Bonchev–Trinajstić information content (AvgIpc) is 3.19. The number of nitrogens with zero attached hydrogens (tertiary/aromatic N) is 1. The number of aliphatic carboxylic acids is 1. The molecule has 10 nitrogen and oxygen atoms in total. The highest BCUT2D eigenvalue weighted by molar-refractivity contribution is 5.92. The number of hydroxylamine groups is 1. The third-order valence-electron chi connectivity index (χ3n) is 5.47. The van der Waals surface area contributed by atoms with Crippen LogP contribution in [0.5, 0.6) is 0 Å². The van der Waals surface area contributed by atoms with Crippen LogP contribution in [-0.4, -0.2) is 54.5 Å². The summed E-state index contributed by atoms with van der Waals surface area (Å²) in [6.45, 7) is -0.0800. The Hall–Kier alpha value is -4.28. The van der Waals surface area contributed by atoms with Gasteiger partial charge in [-0.2, -0.15) is 0 Å². The number of amides is 2. The number of carboxylic acid groups (broad SMARTS) is 1. The zero-order chi connectivity index (χ0) is 24.8. The summed E-state index contributed by atoms with van der Waals surface area (Å²) in [6.07, 6.45) is -0.739. The van der Waals surface area contributed by atoms with E-state index in [0.29, 0.717) is 5.69 Å². The Morgan fingerprint density at radius 2 is 1.66 bits per heavy atom. The fraction of sp³-hybridized carbons (Fsp3) is 0.200. The smallest absolute Gasteiger partial charge is 0.411 e. The van der Waals surface area contributed by atoms with Gasteiger partial charge in [0, 0.05) is 13.0 Å². The molecular weight excluding hydrogens is 454 g/mol. The second-order valence-corrected chi connectivity index (χ2v) is 7.71. The number of rotatable bonds is 9. The fourth-order valence-corrected chi connectivity index (χ4v) is 3.84. The van der Waals surface area contributed by atoms with Crippen LogP contribution in [0.4, 0.5) is 10.5 Å². The minimum atomic E-state index is -1.36. The van der Waals surface area contributed by atoms with E-state index in [1.54, 1.807) is 0 Å². The molecule has 180 valence electrons. The number of anilines is 1. The van der Waals surface area contributed by atoms with Gasteiger partial charge in [0.2, 0.25) is 6.10 Å². The van der Waals surface area contributed by atoms with Crippen molar-refractivity contribution < 1.29 is 33.8 Å². The molecule has 1 unspecified atom stereocenters. The molecule has 0 saturated heterocycles. The molecule has 1 atom stereocenters. The normalized spacial score (nSPS) is 12.8. The molecular formula is C25H23N3O7. The number of hydrogen-bond acceptors (Lipinski definition) is 7. The maximum Gasteiger partial charge on any atom is 0.411 e. The van der Waals surface area contributed by atoms with Gasteiger partial charge in [-0.15, -0.1) is 0 Å². The molecule has 1 aliphatic rings. The van der Waals surface area contributed by atoms with E-state index in [1.165, 1.54) is 25.4 Å². The van der Waals surface area contributed by atoms with Crippen molar-refractivity contribution in [2.45, 2.75) is 12.0 Å². The maximum atomic E-state index is 12.4. The van der Waals surface area contributed by atoms with Crippen LogP contribution in [0, 0.1) is 0 Å². The number of ether oxygens (including phenoxy) is 2. The van der Waals surface area contributed by atoms with Crippen LogP contribution in [-0.2, 0) is 19.1 Å². The van der Waals surface area contributed by atoms with Crippen molar-refractivity contribution in [2.24, 2.45) is 0 Å². The summed E-state index contributed by atoms with van der Waals surface area (Å²) in [5.74, 6) is -2.10. The van der Waals surface area contributed by atoms with Gasteiger partial charge in [0.05, 0.1) is 18.5 Å². The summed E-state index contributed by atoms with van der Waals surface area (Å²) < 4.78 is 10.2. The van der Waals surface area contributed by atoms with Crippen molar-refractivity contribution in [1.82, 2.24) is 10.5 Å². The standard InChI is InChI=1S/C25H23N3O7/c1-33-14-22(24(30)31)35-28-23(29)21-11-10-15(12-26-21)27-25(32)34-13-20-18-8-4-2-6-16(18)17-7-3-5-9-19(17)20/h2-12,20,22H,13-14H2,1H3,(H,27,32)(H,28,29)(H,30,31). The minimum absolute atomic E-state index is 0.0374. The largest absolute Gasteiger partial charge is 0.479 e. The number of benzene rings is 2. The lowest BCUT2D eigenvalue weighted by atomic mass is 9.98. The second-order valence-electron chi connectivity index (χ2n) is 7.71.